The number of esters is 1. The van der Waals surface area contributed by atoms with Crippen molar-refractivity contribution < 1.29 is 14.3 Å². The first kappa shape index (κ1) is 19.1. The Morgan fingerprint density at radius 1 is 1.15 bits per heavy atom. The van der Waals surface area contributed by atoms with E-state index in [0.717, 1.165) is 31.4 Å². The van der Waals surface area contributed by atoms with Crippen LogP contribution in [0.1, 0.15) is 55.2 Å². The van der Waals surface area contributed by atoms with Crippen LogP contribution >= 0.6 is 0 Å². The lowest BCUT2D eigenvalue weighted by Gasteiger charge is -2.33. The second kappa shape index (κ2) is 8.79. The van der Waals surface area contributed by atoms with Crippen LogP contribution in [-0.2, 0) is 9.53 Å². The number of para-hydroxylation sites is 1. The minimum Gasteiger partial charge on any atom is -0.451 e. The van der Waals surface area contributed by atoms with Gasteiger partial charge in [0, 0.05) is 12.6 Å². The highest BCUT2D eigenvalue weighted by molar-refractivity contribution is 5.90. The van der Waals surface area contributed by atoms with Crippen LogP contribution in [0.25, 0.3) is 5.69 Å². The first-order valence-electron chi connectivity index (χ1n) is 9.56. The van der Waals surface area contributed by atoms with Gasteiger partial charge in [-0.1, -0.05) is 37.5 Å². The normalized spacial score (nSPS) is 14.7. The molecule has 0 aliphatic heterocycles. The smallest absolute Gasteiger partial charge is 0.361 e. The van der Waals surface area contributed by atoms with Crippen LogP contribution in [0.5, 0.6) is 0 Å². The van der Waals surface area contributed by atoms with E-state index in [9.17, 15) is 9.59 Å². The fourth-order valence-corrected chi connectivity index (χ4v) is 3.55. The largest absolute Gasteiger partial charge is 0.451 e. The fourth-order valence-electron chi connectivity index (χ4n) is 3.55. The first-order valence-corrected chi connectivity index (χ1v) is 9.56. The molecule has 1 aliphatic carbocycles. The van der Waals surface area contributed by atoms with Crippen molar-refractivity contribution in [2.75, 3.05) is 13.2 Å². The third-order valence-corrected chi connectivity index (χ3v) is 4.97. The highest BCUT2D eigenvalue weighted by atomic mass is 16.5. The van der Waals surface area contributed by atoms with Crippen LogP contribution in [0.15, 0.2) is 30.3 Å². The van der Waals surface area contributed by atoms with Crippen LogP contribution in [0.2, 0.25) is 0 Å². The Morgan fingerprint density at radius 2 is 1.85 bits per heavy atom. The Bertz CT molecular complexity index is 782. The summed E-state index contributed by atoms with van der Waals surface area (Å²) in [5.41, 5.74) is 1.36. The minimum atomic E-state index is -0.622. The Hall–Kier alpha value is -2.70. The van der Waals surface area contributed by atoms with Gasteiger partial charge in [0.15, 0.2) is 12.3 Å². The van der Waals surface area contributed by atoms with Crippen LogP contribution in [-0.4, -0.2) is 51.0 Å². The van der Waals surface area contributed by atoms with Crippen molar-refractivity contribution in [3.8, 4) is 5.69 Å². The Morgan fingerprint density at radius 3 is 2.52 bits per heavy atom. The predicted molar refractivity (Wildman–Crippen MR) is 101 cm³/mol. The van der Waals surface area contributed by atoms with Gasteiger partial charge in [0.05, 0.1) is 11.4 Å². The summed E-state index contributed by atoms with van der Waals surface area (Å²) in [6.45, 7) is 4.03. The molecule has 1 aliphatic rings. The van der Waals surface area contributed by atoms with Crippen molar-refractivity contribution >= 4 is 11.9 Å². The summed E-state index contributed by atoms with van der Waals surface area (Å²) in [5.74, 6) is -0.770. The number of nitrogens with zero attached hydrogens (tertiary/aromatic N) is 4. The van der Waals surface area contributed by atoms with Gasteiger partial charge in [-0.05, 0) is 38.8 Å². The maximum atomic E-state index is 12.5. The number of rotatable bonds is 6. The molecule has 2 aromatic rings. The molecule has 0 atom stereocenters. The number of benzene rings is 1. The third-order valence-electron chi connectivity index (χ3n) is 4.97. The number of aryl methyl sites for hydroxylation is 1. The molecule has 1 fully saturated rings. The van der Waals surface area contributed by atoms with Crippen LogP contribution in [0.3, 0.4) is 0 Å². The lowest BCUT2D eigenvalue weighted by atomic mass is 9.94. The number of carbonyl (C=O) groups excluding carboxylic acids is 2. The van der Waals surface area contributed by atoms with E-state index in [1.165, 1.54) is 11.2 Å². The Balaban J connectivity index is 1.62. The zero-order chi connectivity index (χ0) is 19.2. The fraction of sp³-hybridized carbons (Fsp3) is 0.500. The van der Waals surface area contributed by atoms with E-state index in [2.05, 4.69) is 10.2 Å². The molecule has 0 radical (unpaired) electrons. The molecule has 0 bridgehead atoms. The molecule has 1 aromatic carbocycles. The summed E-state index contributed by atoms with van der Waals surface area (Å²) in [6.07, 6.45) is 5.58. The number of hydrogen-bond donors (Lipinski definition) is 0. The van der Waals surface area contributed by atoms with Gasteiger partial charge in [-0.25, -0.2) is 4.79 Å². The van der Waals surface area contributed by atoms with E-state index in [1.54, 1.807) is 6.92 Å². The lowest BCUT2D eigenvalue weighted by Crippen LogP contribution is -2.43. The zero-order valence-corrected chi connectivity index (χ0v) is 15.9. The molecular weight excluding hydrogens is 344 g/mol. The second-order valence-electron chi connectivity index (χ2n) is 6.81. The van der Waals surface area contributed by atoms with E-state index in [0.29, 0.717) is 12.2 Å². The Labute approximate surface area is 159 Å². The molecular formula is C20H26N4O3. The average molecular weight is 370 g/mol. The second-order valence-corrected chi connectivity index (χ2v) is 6.81. The molecule has 3 rings (SSSR count). The van der Waals surface area contributed by atoms with E-state index in [4.69, 9.17) is 4.74 Å². The van der Waals surface area contributed by atoms with Gasteiger partial charge >= 0.3 is 5.97 Å². The zero-order valence-electron chi connectivity index (χ0n) is 15.9. The first-order chi connectivity index (χ1) is 13.1. The summed E-state index contributed by atoms with van der Waals surface area (Å²) in [5, 5.41) is 8.48. The van der Waals surface area contributed by atoms with Crippen molar-refractivity contribution in [3.63, 3.8) is 0 Å². The van der Waals surface area contributed by atoms with Gasteiger partial charge in [-0.2, -0.15) is 9.90 Å². The summed E-state index contributed by atoms with van der Waals surface area (Å²) in [4.78, 5) is 28.2. The molecule has 0 saturated heterocycles. The monoisotopic (exact) mass is 370 g/mol. The average Bonchev–Trinajstić information content (AvgIpc) is 3.10. The maximum absolute atomic E-state index is 12.5. The van der Waals surface area contributed by atoms with Crippen LogP contribution in [0, 0.1) is 6.92 Å². The number of carbonyl (C=O) groups is 2. The van der Waals surface area contributed by atoms with Crippen molar-refractivity contribution in [2.24, 2.45) is 0 Å². The molecule has 7 nitrogen and oxygen atoms in total. The quantitative estimate of drug-likeness (QED) is 0.731. The van der Waals surface area contributed by atoms with Crippen molar-refractivity contribution in [3.05, 3.63) is 41.7 Å². The SMILES string of the molecule is CCN(C(=O)COC(=O)c1nn(-c2ccccc2)nc1C)C1CCCCC1. The maximum Gasteiger partial charge on any atom is 0.361 e. The molecule has 1 saturated carbocycles. The molecule has 27 heavy (non-hydrogen) atoms. The molecule has 7 heteroatoms. The minimum absolute atomic E-state index is 0.132. The highest BCUT2D eigenvalue weighted by Crippen LogP contribution is 2.22. The molecule has 0 spiro atoms. The molecule has 1 aromatic heterocycles. The van der Waals surface area contributed by atoms with Crippen molar-refractivity contribution in [2.45, 2.75) is 52.0 Å². The van der Waals surface area contributed by atoms with E-state index >= 15 is 0 Å². The van der Waals surface area contributed by atoms with Gasteiger partial charge in [0.1, 0.15) is 0 Å². The van der Waals surface area contributed by atoms with Gasteiger partial charge < -0.3 is 9.64 Å². The molecule has 1 amide bonds. The summed E-state index contributed by atoms with van der Waals surface area (Å²) < 4.78 is 5.25. The number of aromatic nitrogens is 3. The topological polar surface area (TPSA) is 77.3 Å². The number of ether oxygens (including phenoxy) is 1. The van der Waals surface area contributed by atoms with E-state index in [-0.39, 0.29) is 24.2 Å². The van der Waals surface area contributed by atoms with Gasteiger partial charge in [-0.3, -0.25) is 4.79 Å². The highest BCUT2D eigenvalue weighted by Gasteiger charge is 2.26. The number of likely N-dealkylation sites (N-methyl/N-ethyl adjacent to an activating group) is 1. The van der Waals surface area contributed by atoms with Gasteiger partial charge in [0.2, 0.25) is 0 Å². The molecule has 1 heterocycles. The number of hydrogen-bond acceptors (Lipinski definition) is 5. The molecule has 144 valence electrons. The van der Waals surface area contributed by atoms with E-state index < -0.39 is 5.97 Å². The molecule has 0 N–H and O–H groups in total. The van der Waals surface area contributed by atoms with Crippen molar-refractivity contribution in [1.29, 1.82) is 0 Å². The van der Waals surface area contributed by atoms with Crippen LogP contribution < -0.4 is 0 Å². The van der Waals surface area contributed by atoms with Gasteiger partial charge in [-0.15, -0.1) is 5.10 Å². The Kier molecular flexibility index (Phi) is 6.21. The lowest BCUT2D eigenvalue weighted by molar-refractivity contribution is -0.137. The van der Waals surface area contributed by atoms with Crippen LogP contribution in [0.4, 0.5) is 0 Å². The summed E-state index contributed by atoms with van der Waals surface area (Å²) in [7, 11) is 0. The van der Waals surface area contributed by atoms with E-state index in [1.807, 2.05) is 42.2 Å². The molecule has 0 unspecified atom stereocenters. The summed E-state index contributed by atoms with van der Waals surface area (Å²) in [6, 6.07) is 9.59. The predicted octanol–water partition coefficient (Wildman–Crippen LogP) is 2.91. The van der Waals surface area contributed by atoms with Crippen molar-refractivity contribution in [1.82, 2.24) is 19.9 Å². The summed E-state index contributed by atoms with van der Waals surface area (Å²) >= 11 is 0. The number of amides is 1. The third kappa shape index (κ3) is 4.53. The van der Waals surface area contributed by atoms with Gasteiger partial charge in [0.25, 0.3) is 5.91 Å². The standard InChI is InChI=1S/C20H26N4O3/c1-3-23(16-10-6-4-7-11-16)18(25)14-27-20(26)19-15(2)21-24(22-19)17-12-8-5-9-13-17/h5,8-9,12-13,16H,3-4,6-7,10-11,14H2,1-2H3.